The Balaban J connectivity index is 2.51. The number of aromatic nitrogens is 2. The van der Waals surface area contributed by atoms with Gasteiger partial charge in [-0.1, -0.05) is 43.7 Å². The van der Waals surface area contributed by atoms with Crippen LogP contribution in [0.2, 0.25) is 0 Å². The van der Waals surface area contributed by atoms with Crippen LogP contribution in [0.1, 0.15) is 38.1 Å². The highest BCUT2D eigenvalue weighted by molar-refractivity contribution is 5.29. The van der Waals surface area contributed by atoms with E-state index >= 15 is 0 Å². The molecule has 0 fully saturated rings. The van der Waals surface area contributed by atoms with Gasteiger partial charge in [0.2, 0.25) is 0 Å². The molecule has 0 aliphatic heterocycles. The standard InChI is InChI=1S/C15H20N2O/c1-3-10-15(18,13-8-6-5-7-9-13)14-16-11-12-17(14)4-2/h5-9,11-12,18H,3-4,10H2,1-2H3. The Bertz CT molecular complexity index is 492. The number of aryl methyl sites for hydroxylation is 1. The van der Waals surface area contributed by atoms with Gasteiger partial charge in [-0.25, -0.2) is 4.98 Å². The molecule has 18 heavy (non-hydrogen) atoms. The molecule has 0 spiro atoms. The van der Waals surface area contributed by atoms with Crippen molar-refractivity contribution in [1.82, 2.24) is 9.55 Å². The van der Waals surface area contributed by atoms with E-state index in [0.717, 1.165) is 24.4 Å². The van der Waals surface area contributed by atoms with E-state index in [2.05, 4.69) is 18.8 Å². The van der Waals surface area contributed by atoms with Crippen LogP contribution < -0.4 is 0 Å². The number of benzene rings is 1. The van der Waals surface area contributed by atoms with E-state index in [4.69, 9.17) is 0 Å². The number of aliphatic hydroxyl groups is 1. The average molecular weight is 244 g/mol. The molecule has 0 radical (unpaired) electrons. The van der Waals surface area contributed by atoms with Crippen molar-refractivity contribution < 1.29 is 5.11 Å². The summed E-state index contributed by atoms with van der Waals surface area (Å²) < 4.78 is 2.00. The summed E-state index contributed by atoms with van der Waals surface area (Å²) in [5.74, 6) is 0.734. The van der Waals surface area contributed by atoms with Crippen LogP contribution >= 0.6 is 0 Å². The molecule has 0 saturated carbocycles. The van der Waals surface area contributed by atoms with E-state index in [9.17, 15) is 5.11 Å². The number of hydrogen-bond donors (Lipinski definition) is 1. The minimum atomic E-state index is -0.991. The van der Waals surface area contributed by atoms with Gasteiger partial charge < -0.3 is 9.67 Å². The first-order valence-corrected chi connectivity index (χ1v) is 6.52. The SMILES string of the molecule is CCCC(O)(c1ccccc1)c1nccn1CC. The minimum absolute atomic E-state index is 0.675. The van der Waals surface area contributed by atoms with E-state index in [1.54, 1.807) is 6.20 Å². The number of imidazole rings is 1. The van der Waals surface area contributed by atoms with Gasteiger partial charge in [-0.05, 0) is 18.9 Å². The Morgan fingerprint density at radius 2 is 1.94 bits per heavy atom. The van der Waals surface area contributed by atoms with Crippen LogP contribution in [0.3, 0.4) is 0 Å². The second-order valence-corrected chi connectivity index (χ2v) is 4.51. The lowest BCUT2D eigenvalue weighted by molar-refractivity contribution is 0.0571. The van der Waals surface area contributed by atoms with Crippen molar-refractivity contribution in [3.8, 4) is 0 Å². The fourth-order valence-electron chi connectivity index (χ4n) is 2.39. The maximum atomic E-state index is 11.1. The van der Waals surface area contributed by atoms with Crippen molar-refractivity contribution in [2.45, 2.75) is 38.8 Å². The molecule has 1 aromatic carbocycles. The van der Waals surface area contributed by atoms with E-state index in [1.165, 1.54) is 0 Å². The molecule has 3 heteroatoms. The van der Waals surface area contributed by atoms with Crippen molar-refractivity contribution in [3.05, 3.63) is 54.1 Å². The van der Waals surface area contributed by atoms with Gasteiger partial charge >= 0.3 is 0 Å². The Morgan fingerprint density at radius 3 is 2.56 bits per heavy atom. The summed E-state index contributed by atoms with van der Waals surface area (Å²) >= 11 is 0. The van der Waals surface area contributed by atoms with Gasteiger partial charge in [0.1, 0.15) is 11.4 Å². The fourth-order valence-corrected chi connectivity index (χ4v) is 2.39. The topological polar surface area (TPSA) is 38.1 Å². The molecule has 0 aliphatic carbocycles. The lowest BCUT2D eigenvalue weighted by atomic mass is 9.88. The molecule has 0 amide bonds. The first kappa shape index (κ1) is 12.8. The Hall–Kier alpha value is -1.61. The normalized spacial score (nSPS) is 14.4. The largest absolute Gasteiger partial charge is 0.377 e. The highest BCUT2D eigenvalue weighted by Gasteiger charge is 2.34. The van der Waals surface area contributed by atoms with Gasteiger partial charge in [0.25, 0.3) is 0 Å². The maximum absolute atomic E-state index is 11.1. The maximum Gasteiger partial charge on any atom is 0.147 e. The third-order valence-corrected chi connectivity index (χ3v) is 3.29. The smallest absolute Gasteiger partial charge is 0.147 e. The molecule has 1 heterocycles. The summed E-state index contributed by atoms with van der Waals surface area (Å²) in [6, 6.07) is 9.79. The number of hydrogen-bond acceptors (Lipinski definition) is 2. The monoisotopic (exact) mass is 244 g/mol. The first-order valence-electron chi connectivity index (χ1n) is 6.52. The highest BCUT2D eigenvalue weighted by atomic mass is 16.3. The molecule has 2 rings (SSSR count). The molecule has 1 N–H and O–H groups in total. The van der Waals surface area contributed by atoms with Gasteiger partial charge in [-0.2, -0.15) is 0 Å². The third-order valence-electron chi connectivity index (χ3n) is 3.29. The zero-order chi connectivity index (χ0) is 13.0. The quantitative estimate of drug-likeness (QED) is 0.878. The van der Waals surface area contributed by atoms with Gasteiger partial charge in [-0.15, -0.1) is 0 Å². The van der Waals surface area contributed by atoms with Crippen molar-refractivity contribution in [2.24, 2.45) is 0 Å². The third kappa shape index (κ3) is 2.18. The van der Waals surface area contributed by atoms with Crippen LogP contribution in [-0.2, 0) is 12.1 Å². The van der Waals surface area contributed by atoms with E-state index in [-0.39, 0.29) is 0 Å². The Morgan fingerprint density at radius 1 is 1.22 bits per heavy atom. The molecule has 0 bridgehead atoms. The molecule has 0 aliphatic rings. The lowest BCUT2D eigenvalue weighted by Gasteiger charge is -2.28. The first-order chi connectivity index (χ1) is 8.72. The minimum Gasteiger partial charge on any atom is -0.377 e. The highest BCUT2D eigenvalue weighted by Crippen LogP contribution is 2.32. The molecule has 0 saturated heterocycles. The second-order valence-electron chi connectivity index (χ2n) is 4.51. The molecule has 96 valence electrons. The van der Waals surface area contributed by atoms with Crippen LogP contribution in [0, 0.1) is 0 Å². The van der Waals surface area contributed by atoms with E-state index in [0.29, 0.717) is 6.42 Å². The zero-order valence-corrected chi connectivity index (χ0v) is 11.0. The van der Waals surface area contributed by atoms with Gasteiger partial charge in [0, 0.05) is 18.9 Å². The predicted octanol–water partition coefficient (Wildman–Crippen LogP) is 2.94. The molecule has 1 aromatic heterocycles. The number of nitrogens with zero attached hydrogens (tertiary/aromatic N) is 2. The van der Waals surface area contributed by atoms with Crippen LogP contribution in [0.5, 0.6) is 0 Å². The predicted molar refractivity (Wildman–Crippen MR) is 72.2 cm³/mol. The molecular weight excluding hydrogens is 224 g/mol. The summed E-state index contributed by atoms with van der Waals surface area (Å²) in [5, 5.41) is 11.1. The second kappa shape index (κ2) is 5.36. The lowest BCUT2D eigenvalue weighted by Crippen LogP contribution is -2.31. The number of rotatable bonds is 5. The molecule has 1 atom stereocenters. The molecule has 1 unspecified atom stereocenters. The van der Waals surface area contributed by atoms with Crippen LogP contribution in [0.25, 0.3) is 0 Å². The van der Waals surface area contributed by atoms with Crippen molar-refractivity contribution in [2.75, 3.05) is 0 Å². The molecule has 2 aromatic rings. The van der Waals surface area contributed by atoms with Crippen molar-refractivity contribution in [1.29, 1.82) is 0 Å². The summed E-state index contributed by atoms with van der Waals surface area (Å²) in [6.45, 7) is 4.95. The summed E-state index contributed by atoms with van der Waals surface area (Å²) in [5.41, 5.74) is -0.0806. The van der Waals surface area contributed by atoms with E-state index in [1.807, 2.05) is 41.1 Å². The average Bonchev–Trinajstić information content (AvgIpc) is 2.89. The van der Waals surface area contributed by atoms with Gasteiger partial charge in [0.05, 0.1) is 0 Å². The van der Waals surface area contributed by atoms with Crippen molar-refractivity contribution in [3.63, 3.8) is 0 Å². The van der Waals surface area contributed by atoms with Crippen LogP contribution in [0.15, 0.2) is 42.7 Å². The Labute approximate surface area is 108 Å². The van der Waals surface area contributed by atoms with Crippen molar-refractivity contribution >= 4 is 0 Å². The van der Waals surface area contributed by atoms with Gasteiger partial charge in [-0.3, -0.25) is 0 Å². The van der Waals surface area contributed by atoms with Crippen LogP contribution in [-0.4, -0.2) is 14.7 Å². The summed E-state index contributed by atoms with van der Waals surface area (Å²) in [7, 11) is 0. The van der Waals surface area contributed by atoms with Gasteiger partial charge in [0.15, 0.2) is 0 Å². The van der Waals surface area contributed by atoms with E-state index < -0.39 is 5.60 Å². The molecular formula is C15H20N2O. The summed E-state index contributed by atoms with van der Waals surface area (Å²) in [4.78, 5) is 4.37. The van der Waals surface area contributed by atoms with Crippen LogP contribution in [0.4, 0.5) is 0 Å². The summed E-state index contributed by atoms with van der Waals surface area (Å²) in [6.07, 6.45) is 5.25. The zero-order valence-electron chi connectivity index (χ0n) is 11.0. The fraction of sp³-hybridized carbons (Fsp3) is 0.400. The Kier molecular flexibility index (Phi) is 3.82. The molecule has 3 nitrogen and oxygen atoms in total.